The third kappa shape index (κ3) is 3.38. The summed E-state index contributed by atoms with van der Waals surface area (Å²) in [5.74, 6) is 1.43. The predicted molar refractivity (Wildman–Crippen MR) is 107 cm³/mol. The zero-order valence-electron chi connectivity index (χ0n) is 15.8. The molecular weight excluding hydrogens is 354 g/mol. The Hall–Kier alpha value is -3.48. The van der Waals surface area contributed by atoms with Crippen LogP contribution in [0.1, 0.15) is 21.6 Å². The number of aromatic nitrogens is 3. The van der Waals surface area contributed by atoms with Gasteiger partial charge in [0.1, 0.15) is 5.82 Å². The lowest BCUT2D eigenvalue weighted by Gasteiger charge is -2.30. The van der Waals surface area contributed by atoms with Gasteiger partial charge in [-0.1, -0.05) is 30.3 Å². The van der Waals surface area contributed by atoms with Gasteiger partial charge in [-0.15, -0.1) is 0 Å². The second kappa shape index (κ2) is 7.26. The van der Waals surface area contributed by atoms with E-state index in [2.05, 4.69) is 4.98 Å². The van der Waals surface area contributed by atoms with Gasteiger partial charge in [-0.3, -0.25) is 9.59 Å². The number of anilines is 1. The lowest BCUT2D eigenvalue weighted by Crippen LogP contribution is -2.37. The van der Waals surface area contributed by atoms with Crippen LogP contribution >= 0.6 is 0 Å². The van der Waals surface area contributed by atoms with Gasteiger partial charge in [0.05, 0.1) is 17.8 Å². The monoisotopic (exact) mass is 375 g/mol. The fourth-order valence-corrected chi connectivity index (χ4v) is 3.40. The summed E-state index contributed by atoms with van der Waals surface area (Å²) in [6.07, 6.45) is 2.15. The number of benzene rings is 1. The number of fused-ring (bicyclic) bond motifs is 1. The van der Waals surface area contributed by atoms with Crippen molar-refractivity contribution >= 4 is 11.7 Å². The van der Waals surface area contributed by atoms with Gasteiger partial charge < -0.3 is 14.8 Å². The first-order valence-electron chi connectivity index (χ1n) is 9.13. The van der Waals surface area contributed by atoms with Crippen LogP contribution in [-0.2, 0) is 13.0 Å². The standard InChI is InChI=1S/C21H21N5O2/c1-25(2)20-16-10-11-26(21(28)15-8-9-18(27)22-12-15)13-17(16)23-19(24-20)14-6-4-3-5-7-14/h3-9,12H,10-11,13H2,1-2H3,(H,22,27). The van der Waals surface area contributed by atoms with Crippen molar-refractivity contribution < 1.29 is 4.79 Å². The second-order valence-corrected chi connectivity index (χ2v) is 6.97. The second-order valence-electron chi connectivity index (χ2n) is 6.97. The Balaban J connectivity index is 1.70. The highest BCUT2D eigenvalue weighted by molar-refractivity contribution is 5.94. The minimum absolute atomic E-state index is 0.117. The van der Waals surface area contributed by atoms with Crippen LogP contribution < -0.4 is 10.5 Å². The van der Waals surface area contributed by atoms with Crippen LogP contribution in [0.2, 0.25) is 0 Å². The van der Waals surface area contributed by atoms with Gasteiger partial charge >= 0.3 is 0 Å². The Kier molecular flexibility index (Phi) is 4.65. The van der Waals surface area contributed by atoms with Gasteiger partial charge in [-0.05, 0) is 12.5 Å². The van der Waals surface area contributed by atoms with Crippen molar-refractivity contribution in [1.29, 1.82) is 0 Å². The molecule has 1 aliphatic rings. The smallest absolute Gasteiger partial charge is 0.255 e. The molecule has 7 heteroatoms. The maximum absolute atomic E-state index is 12.8. The first-order chi connectivity index (χ1) is 13.5. The van der Waals surface area contributed by atoms with E-state index in [-0.39, 0.29) is 11.5 Å². The van der Waals surface area contributed by atoms with Gasteiger partial charge in [0.2, 0.25) is 5.56 Å². The lowest BCUT2D eigenvalue weighted by molar-refractivity contribution is 0.0731. The molecule has 1 amide bonds. The molecule has 1 aliphatic heterocycles. The third-order valence-electron chi connectivity index (χ3n) is 4.82. The first-order valence-corrected chi connectivity index (χ1v) is 9.13. The number of hydrogen-bond acceptors (Lipinski definition) is 5. The number of rotatable bonds is 3. The summed E-state index contributed by atoms with van der Waals surface area (Å²) in [6.45, 7) is 0.996. The van der Waals surface area contributed by atoms with E-state index in [1.54, 1.807) is 11.0 Å². The highest BCUT2D eigenvalue weighted by Crippen LogP contribution is 2.29. The number of carbonyl (C=O) groups excluding carboxylic acids is 1. The summed E-state index contributed by atoms with van der Waals surface area (Å²) in [5, 5.41) is 0. The Bertz CT molecular complexity index is 1060. The van der Waals surface area contributed by atoms with Crippen LogP contribution in [0.5, 0.6) is 0 Å². The van der Waals surface area contributed by atoms with Crippen molar-refractivity contribution in [3.05, 3.63) is 75.8 Å². The van der Waals surface area contributed by atoms with E-state index in [0.717, 1.165) is 22.6 Å². The van der Waals surface area contributed by atoms with E-state index in [4.69, 9.17) is 9.97 Å². The molecule has 4 rings (SSSR count). The van der Waals surface area contributed by atoms with Gasteiger partial charge in [0, 0.05) is 44.0 Å². The van der Waals surface area contributed by atoms with Crippen molar-refractivity contribution in [1.82, 2.24) is 19.9 Å². The molecular formula is C21H21N5O2. The number of nitrogens with zero attached hydrogens (tertiary/aromatic N) is 4. The molecule has 0 saturated carbocycles. The molecule has 0 spiro atoms. The molecule has 2 aromatic heterocycles. The normalized spacial score (nSPS) is 13.1. The van der Waals surface area contributed by atoms with E-state index < -0.39 is 0 Å². The molecule has 0 bridgehead atoms. The van der Waals surface area contributed by atoms with E-state index in [1.165, 1.54) is 12.3 Å². The molecule has 0 unspecified atom stereocenters. The SMILES string of the molecule is CN(C)c1nc(-c2ccccc2)nc2c1CCN(C(=O)c1ccc(=O)[nH]c1)C2. The van der Waals surface area contributed by atoms with Crippen molar-refractivity contribution in [3.8, 4) is 11.4 Å². The number of nitrogens with one attached hydrogen (secondary N) is 1. The van der Waals surface area contributed by atoms with Crippen LogP contribution in [-0.4, -0.2) is 46.4 Å². The molecule has 0 atom stereocenters. The Morgan fingerprint density at radius 2 is 1.89 bits per heavy atom. The molecule has 1 aromatic carbocycles. The summed E-state index contributed by atoms with van der Waals surface area (Å²) < 4.78 is 0. The Morgan fingerprint density at radius 1 is 1.11 bits per heavy atom. The summed E-state index contributed by atoms with van der Waals surface area (Å²) in [5.41, 5.74) is 3.12. The number of pyridine rings is 1. The topological polar surface area (TPSA) is 82.2 Å². The van der Waals surface area contributed by atoms with Crippen LogP contribution in [0.25, 0.3) is 11.4 Å². The quantitative estimate of drug-likeness (QED) is 0.758. The van der Waals surface area contributed by atoms with E-state index in [0.29, 0.717) is 30.9 Å². The summed E-state index contributed by atoms with van der Waals surface area (Å²) in [7, 11) is 3.93. The molecule has 28 heavy (non-hydrogen) atoms. The molecule has 3 heterocycles. The van der Waals surface area contributed by atoms with E-state index in [9.17, 15) is 9.59 Å². The number of aromatic amines is 1. The summed E-state index contributed by atoms with van der Waals surface area (Å²) in [6, 6.07) is 12.8. The molecule has 3 aromatic rings. The minimum Gasteiger partial charge on any atom is -0.362 e. The average Bonchev–Trinajstić information content (AvgIpc) is 2.73. The Labute approximate surface area is 162 Å². The summed E-state index contributed by atoms with van der Waals surface area (Å²) >= 11 is 0. The number of hydrogen-bond donors (Lipinski definition) is 1. The fraction of sp³-hybridized carbons (Fsp3) is 0.238. The minimum atomic E-state index is -0.226. The van der Waals surface area contributed by atoms with Crippen LogP contribution in [0.4, 0.5) is 5.82 Å². The first kappa shape index (κ1) is 17.9. The average molecular weight is 375 g/mol. The zero-order valence-corrected chi connectivity index (χ0v) is 15.8. The largest absolute Gasteiger partial charge is 0.362 e. The van der Waals surface area contributed by atoms with Crippen molar-refractivity contribution in [3.63, 3.8) is 0 Å². The van der Waals surface area contributed by atoms with Crippen LogP contribution in [0, 0.1) is 0 Å². The van der Waals surface area contributed by atoms with Gasteiger partial charge in [0.25, 0.3) is 5.91 Å². The van der Waals surface area contributed by atoms with Gasteiger partial charge in [-0.25, -0.2) is 9.97 Å². The van der Waals surface area contributed by atoms with Crippen molar-refractivity contribution in [2.45, 2.75) is 13.0 Å². The zero-order chi connectivity index (χ0) is 19.7. The number of H-pyrrole nitrogens is 1. The highest BCUT2D eigenvalue weighted by atomic mass is 16.2. The molecule has 1 N–H and O–H groups in total. The molecule has 0 fully saturated rings. The van der Waals surface area contributed by atoms with Crippen LogP contribution in [0.3, 0.4) is 0 Å². The molecule has 0 aliphatic carbocycles. The number of amides is 1. The van der Waals surface area contributed by atoms with Crippen LogP contribution in [0.15, 0.2) is 53.5 Å². The molecule has 0 radical (unpaired) electrons. The van der Waals surface area contributed by atoms with Crippen molar-refractivity contribution in [2.24, 2.45) is 0 Å². The third-order valence-corrected chi connectivity index (χ3v) is 4.82. The number of carbonyl (C=O) groups is 1. The van der Waals surface area contributed by atoms with Crippen molar-refractivity contribution in [2.75, 3.05) is 25.5 Å². The maximum atomic E-state index is 12.8. The molecule has 7 nitrogen and oxygen atoms in total. The fourth-order valence-electron chi connectivity index (χ4n) is 3.40. The predicted octanol–water partition coefficient (Wildman–Crippen LogP) is 2.10. The Morgan fingerprint density at radius 3 is 2.57 bits per heavy atom. The highest BCUT2D eigenvalue weighted by Gasteiger charge is 2.27. The van der Waals surface area contributed by atoms with Gasteiger partial charge in [0.15, 0.2) is 5.82 Å². The van der Waals surface area contributed by atoms with E-state index in [1.807, 2.05) is 49.3 Å². The lowest BCUT2D eigenvalue weighted by atomic mass is 10.0. The summed E-state index contributed by atoms with van der Waals surface area (Å²) in [4.78, 5) is 40.0. The molecule has 142 valence electrons. The maximum Gasteiger partial charge on any atom is 0.255 e. The molecule has 0 saturated heterocycles. The van der Waals surface area contributed by atoms with E-state index >= 15 is 0 Å². The van der Waals surface area contributed by atoms with Gasteiger partial charge in [-0.2, -0.15) is 0 Å².